The molecule has 2 N–H and O–H groups in total. The third-order valence-corrected chi connectivity index (χ3v) is 11.5. The standard InChI is InChI=1S/C53H54O16/c1-2-28-59-52-46(61-30-35-20-10-4-11-21-35)44(60-29-34-18-8-3-9-19-34)40(66-52)33-63-51-43(55)42(54)39(65-51)31-64-53-47(69-50(58)38-26-16-7-17-27-38)45(68-49(57)37-24-14-6-15-25-37)41(67-53)32-62-48(56)36-22-12-5-13-23-36/h2-27,39-47,51-55H,1,28-33H2/t39-,40-,41-,42-,43+,44-,45-,46+,47+,51+,52+,53+/m0/s1. The predicted octanol–water partition coefficient (Wildman–Crippen LogP) is 5.60. The van der Waals surface area contributed by atoms with Crippen molar-refractivity contribution < 1.29 is 76.7 Å². The van der Waals surface area contributed by atoms with Gasteiger partial charge in [0.2, 0.25) is 0 Å². The van der Waals surface area contributed by atoms with Crippen LogP contribution in [0.4, 0.5) is 0 Å². The van der Waals surface area contributed by atoms with Gasteiger partial charge in [-0.3, -0.25) is 0 Å². The molecule has 8 rings (SSSR count). The van der Waals surface area contributed by atoms with Gasteiger partial charge in [-0.15, -0.1) is 6.58 Å². The van der Waals surface area contributed by atoms with Crippen LogP contribution in [-0.4, -0.2) is 128 Å². The van der Waals surface area contributed by atoms with E-state index in [1.165, 1.54) is 0 Å². The summed E-state index contributed by atoms with van der Waals surface area (Å²) in [7, 11) is 0. The lowest BCUT2D eigenvalue weighted by molar-refractivity contribution is -0.219. The molecule has 0 radical (unpaired) electrons. The summed E-state index contributed by atoms with van der Waals surface area (Å²) >= 11 is 0. The summed E-state index contributed by atoms with van der Waals surface area (Å²) in [6.07, 6.45) is -12.6. The van der Waals surface area contributed by atoms with E-state index >= 15 is 0 Å². The molecule has 0 unspecified atom stereocenters. The normalized spacial score (nSPS) is 27.4. The number of rotatable bonds is 22. The van der Waals surface area contributed by atoms with Gasteiger partial charge >= 0.3 is 17.9 Å². The minimum absolute atomic E-state index is 0.167. The van der Waals surface area contributed by atoms with E-state index in [4.69, 9.17) is 52.1 Å². The van der Waals surface area contributed by atoms with Crippen LogP contribution in [0.3, 0.4) is 0 Å². The SMILES string of the molecule is C=CCO[C@@H]1O[C@@H](CO[C@@H]2O[C@@H](CO[C@@H]3O[C@@H](COC(=O)c4ccccc4)[C@H](OC(=O)c4ccccc4)[C@H]3OC(=O)c3ccccc3)[C@H](O)[C@H]2O)[C@H](OCc2ccccc2)[C@H]1OCc1ccccc1. The van der Waals surface area contributed by atoms with Gasteiger partial charge in [0.15, 0.2) is 31.1 Å². The highest BCUT2D eigenvalue weighted by Gasteiger charge is 2.53. The summed E-state index contributed by atoms with van der Waals surface area (Å²) in [5, 5.41) is 22.5. The van der Waals surface area contributed by atoms with Gasteiger partial charge in [0.05, 0.1) is 49.7 Å². The van der Waals surface area contributed by atoms with Gasteiger partial charge in [-0.25, -0.2) is 14.4 Å². The van der Waals surface area contributed by atoms with Crippen LogP contribution in [-0.2, 0) is 65.3 Å². The Bertz CT molecular complexity index is 2380. The van der Waals surface area contributed by atoms with Crippen molar-refractivity contribution in [2.45, 2.75) is 87.0 Å². The van der Waals surface area contributed by atoms with Crippen LogP contribution < -0.4 is 0 Å². The molecule has 3 heterocycles. The summed E-state index contributed by atoms with van der Waals surface area (Å²) in [5.74, 6) is -2.23. The van der Waals surface area contributed by atoms with Gasteiger partial charge < -0.3 is 62.3 Å². The number of hydrogen-bond acceptors (Lipinski definition) is 16. The zero-order valence-electron chi connectivity index (χ0n) is 37.5. The second kappa shape index (κ2) is 24.4. The molecule has 3 aliphatic heterocycles. The molecule has 16 heteroatoms. The minimum Gasteiger partial charge on any atom is -0.459 e. The Hall–Kier alpha value is -6.15. The molecule has 5 aromatic rings. The largest absolute Gasteiger partial charge is 0.459 e. The minimum atomic E-state index is -1.55. The Labute approximate surface area is 399 Å². The van der Waals surface area contributed by atoms with Crippen LogP contribution in [0.1, 0.15) is 42.2 Å². The molecule has 16 nitrogen and oxygen atoms in total. The number of hydrogen-bond donors (Lipinski definition) is 2. The van der Waals surface area contributed by atoms with Crippen molar-refractivity contribution >= 4 is 17.9 Å². The fourth-order valence-electron chi connectivity index (χ4n) is 7.98. The van der Waals surface area contributed by atoms with E-state index in [9.17, 15) is 24.6 Å². The van der Waals surface area contributed by atoms with E-state index in [-0.39, 0.29) is 43.1 Å². The first-order valence-electron chi connectivity index (χ1n) is 22.6. The molecular weight excluding hydrogens is 893 g/mol. The van der Waals surface area contributed by atoms with E-state index in [1.54, 1.807) is 97.1 Å². The molecule has 5 aromatic carbocycles. The first kappa shape index (κ1) is 49.3. The average molecular weight is 947 g/mol. The molecule has 3 aliphatic rings. The Morgan fingerprint density at radius 1 is 0.449 bits per heavy atom. The monoisotopic (exact) mass is 946 g/mol. The highest BCUT2D eigenvalue weighted by molar-refractivity contribution is 5.91. The summed E-state index contributed by atoms with van der Waals surface area (Å²) < 4.78 is 67.3. The Balaban J connectivity index is 0.966. The van der Waals surface area contributed by atoms with Crippen molar-refractivity contribution in [3.63, 3.8) is 0 Å². The maximum Gasteiger partial charge on any atom is 0.338 e. The van der Waals surface area contributed by atoms with Crippen molar-refractivity contribution in [3.05, 3.63) is 192 Å². The third kappa shape index (κ3) is 12.9. The number of esters is 3. The van der Waals surface area contributed by atoms with Crippen LogP contribution >= 0.6 is 0 Å². The summed E-state index contributed by atoms with van der Waals surface area (Å²) in [6.45, 7) is 3.35. The van der Waals surface area contributed by atoms with E-state index < -0.39 is 105 Å². The summed E-state index contributed by atoms with van der Waals surface area (Å²) in [4.78, 5) is 40.2. The quantitative estimate of drug-likeness (QED) is 0.0495. The topological polar surface area (TPSA) is 193 Å². The lowest BCUT2D eigenvalue weighted by Gasteiger charge is -2.26. The van der Waals surface area contributed by atoms with E-state index in [1.807, 2.05) is 60.7 Å². The number of carbonyl (C=O) groups excluding carboxylic acids is 3. The summed E-state index contributed by atoms with van der Waals surface area (Å²) in [5.41, 5.74) is 2.50. The summed E-state index contributed by atoms with van der Waals surface area (Å²) in [6, 6.07) is 43.8. The molecule has 0 aromatic heterocycles. The maximum absolute atomic E-state index is 13.6. The van der Waals surface area contributed by atoms with Gasteiger partial charge in [0.25, 0.3) is 0 Å². The lowest BCUT2D eigenvalue weighted by Crippen LogP contribution is -2.43. The van der Waals surface area contributed by atoms with Gasteiger partial charge in [-0.2, -0.15) is 0 Å². The van der Waals surface area contributed by atoms with E-state index in [0.29, 0.717) is 0 Å². The predicted molar refractivity (Wildman–Crippen MR) is 244 cm³/mol. The number of ether oxygens (including phenoxy) is 11. The van der Waals surface area contributed by atoms with Crippen molar-refractivity contribution in [2.75, 3.05) is 26.4 Å². The molecule has 0 spiro atoms. The van der Waals surface area contributed by atoms with Crippen molar-refractivity contribution in [3.8, 4) is 0 Å². The molecule has 3 fully saturated rings. The molecular formula is C53H54O16. The first-order valence-corrected chi connectivity index (χ1v) is 22.6. The van der Waals surface area contributed by atoms with Crippen LogP contribution in [0.2, 0.25) is 0 Å². The molecule has 362 valence electrons. The van der Waals surface area contributed by atoms with Crippen LogP contribution in [0.25, 0.3) is 0 Å². The number of carbonyl (C=O) groups is 3. The molecule has 0 saturated carbocycles. The van der Waals surface area contributed by atoms with Crippen molar-refractivity contribution in [1.29, 1.82) is 0 Å². The van der Waals surface area contributed by atoms with Crippen LogP contribution in [0.5, 0.6) is 0 Å². The third-order valence-electron chi connectivity index (χ3n) is 11.5. The lowest BCUT2D eigenvalue weighted by atomic mass is 10.1. The highest BCUT2D eigenvalue weighted by atomic mass is 16.8. The smallest absolute Gasteiger partial charge is 0.338 e. The van der Waals surface area contributed by atoms with Gasteiger partial charge in [-0.1, -0.05) is 121 Å². The maximum atomic E-state index is 13.6. The Kier molecular flexibility index (Phi) is 17.4. The zero-order chi connectivity index (χ0) is 48.0. The van der Waals surface area contributed by atoms with Crippen LogP contribution in [0.15, 0.2) is 164 Å². The fourth-order valence-corrected chi connectivity index (χ4v) is 7.98. The number of aliphatic hydroxyl groups excluding tert-OH is 2. The molecule has 12 atom stereocenters. The van der Waals surface area contributed by atoms with E-state index in [2.05, 4.69) is 6.58 Å². The van der Waals surface area contributed by atoms with Crippen LogP contribution in [0, 0.1) is 0 Å². The second-order valence-electron chi connectivity index (χ2n) is 16.4. The van der Waals surface area contributed by atoms with Gasteiger partial charge in [0, 0.05) is 0 Å². The van der Waals surface area contributed by atoms with Crippen molar-refractivity contribution in [1.82, 2.24) is 0 Å². The Morgan fingerprint density at radius 2 is 0.870 bits per heavy atom. The highest BCUT2D eigenvalue weighted by Crippen LogP contribution is 2.34. The van der Waals surface area contributed by atoms with E-state index in [0.717, 1.165) is 11.1 Å². The fraction of sp³-hybridized carbons (Fsp3) is 0.340. The number of aliphatic hydroxyl groups is 2. The average Bonchev–Trinajstić information content (AvgIpc) is 4.00. The number of benzene rings is 5. The molecule has 0 bridgehead atoms. The molecule has 0 aliphatic carbocycles. The van der Waals surface area contributed by atoms with Crippen molar-refractivity contribution in [2.24, 2.45) is 0 Å². The molecule has 0 amide bonds. The second-order valence-corrected chi connectivity index (χ2v) is 16.4. The van der Waals surface area contributed by atoms with Gasteiger partial charge in [0.1, 0.15) is 49.3 Å². The Morgan fingerprint density at radius 3 is 1.41 bits per heavy atom. The zero-order valence-corrected chi connectivity index (χ0v) is 37.5. The van der Waals surface area contributed by atoms with Gasteiger partial charge in [-0.05, 0) is 47.5 Å². The molecule has 3 saturated heterocycles. The first-order chi connectivity index (χ1) is 33.7. The molecule has 69 heavy (non-hydrogen) atoms.